The summed E-state index contributed by atoms with van der Waals surface area (Å²) in [5.41, 5.74) is 1.16. The van der Waals surface area contributed by atoms with E-state index in [0.29, 0.717) is 0 Å². The smallest absolute Gasteiger partial charge is 0.214 e. The van der Waals surface area contributed by atoms with Crippen LogP contribution >= 0.6 is 0 Å². The SMILES string of the molecule is CN(C)c1cccc([S-])c1.[C-]#[O+].[C-]#[O+].[Fe+2].c1cc[cH-]c1. The van der Waals surface area contributed by atoms with Gasteiger partial charge in [-0.2, -0.15) is 23.1 Å². The standard InChI is InChI=1S/C8H11NS.C5H5.2CO.Fe/c1-9(2)7-4-3-5-8(10)6-7;1-2-4-5-3-1;2*1-2;/h3-6,10H,1-2H3;1-5H;;;/q;-1;;;+2/p-1. The van der Waals surface area contributed by atoms with E-state index < -0.39 is 0 Å². The largest absolute Gasteiger partial charge is 2.00 e. The van der Waals surface area contributed by atoms with Gasteiger partial charge < -0.3 is 17.5 Å². The fourth-order valence-electron chi connectivity index (χ4n) is 1.08. The summed E-state index contributed by atoms with van der Waals surface area (Å²) in [7, 11) is 4.01. The molecule has 0 saturated carbocycles. The van der Waals surface area contributed by atoms with Crippen molar-refractivity contribution in [1.29, 1.82) is 0 Å². The predicted molar refractivity (Wildman–Crippen MR) is 76.3 cm³/mol. The number of hydrogen-bond donors (Lipinski definition) is 0. The van der Waals surface area contributed by atoms with Crippen molar-refractivity contribution in [3.63, 3.8) is 0 Å². The number of hydrogen-bond acceptors (Lipinski definition) is 2. The Bertz CT molecular complexity index is 430. The van der Waals surface area contributed by atoms with E-state index in [9.17, 15) is 0 Å². The fraction of sp³-hybridized carbons (Fsp3) is 0.133. The maximum Gasteiger partial charge on any atom is 2.00 e. The third kappa shape index (κ3) is 13.0. The molecule has 0 aliphatic heterocycles. The van der Waals surface area contributed by atoms with Crippen LogP contribution in [0.15, 0.2) is 59.5 Å². The Morgan fingerprint density at radius 1 is 1.00 bits per heavy atom. The second kappa shape index (κ2) is 17.6. The molecule has 0 N–H and O–H groups in total. The van der Waals surface area contributed by atoms with Gasteiger partial charge in [0.15, 0.2) is 0 Å². The quantitative estimate of drug-likeness (QED) is 0.349. The molecule has 2 rings (SSSR count). The molecular weight excluding hydrogens is 314 g/mol. The Hall–Kier alpha value is -1.41. The van der Waals surface area contributed by atoms with E-state index in [1.54, 1.807) is 0 Å². The fourth-order valence-corrected chi connectivity index (χ4v) is 1.28. The normalized spacial score (nSPS) is 6.90. The third-order valence-electron chi connectivity index (χ3n) is 1.89. The molecule has 0 aliphatic carbocycles. The average Bonchev–Trinajstić information content (AvgIpc) is 3.02. The summed E-state index contributed by atoms with van der Waals surface area (Å²) in [5.74, 6) is 0. The summed E-state index contributed by atoms with van der Waals surface area (Å²) < 4.78 is 15.0. The minimum Gasteiger partial charge on any atom is -0.214 e. The number of benzene rings is 1. The zero-order chi connectivity index (χ0) is 15.1. The first-order valence-corrected chi connectivity index (χ1v) is 5.63. The summed E-state index contributed by atoms with van der Waals surface area (Å²) in [4.78, 5) is 2.93. The van der Waals surface area contributed by atoms with Crippen LogP contribution in [0.1, 0.15) is 0 Å². The maximum atomic E-state index is 7.50. The van der Waals surface area contributed by atoms with E-state index in [4.69, 9.17) is 21.9 Å². The molecule has 0 amide bonds. The Labute approximate surface area is 136 Å². The van der Waals surface area contributed by atoms with Gasteiger partial charge in [0.2, 0.25) is 0 Å². The molecule has 0 aromatic heterocycles. The van der Waals surface area contributed by atoms with Crippen LogP contribution in [-0.2, 0) is 39.0 Å². The van der Waals surface area contributed by atoms with Gasteiger partial charge in [-0.25, -0.2) is 12.1 Å². The van der Waals surface area contributed by atoms with E-state index in [1.165, 1.54) is 0 Å². The van der Waals surface area contributed by atoms with Gasteiger partial charge in [-0.3, -0.25) is 0 Å². The molecule has 2 aromatic carbocycles. The molecule has 3 nitrogen and oxygen atoms in total. The van der Waals surface area contributed by atoms with Crippen LogP contribution in [0.25, 0.3) is 0 Å². The molecule has 0 bridgehead atoms. The van der Waals surface area contributed by atoms with Gasteiger partial charge in [0.05, 0.1) is 0 Å². The van der Waals surface area contributed by atoms with Gasteiger partial charge in [0, 0.05) is 19.8 Å². The van der Waals surface area contributed by atoms with Crippen LogP contribution in [0.3, 0.4) is 0 Å². The molecule has 20 heavy (non-hydrogen) atoms. The van der Waals surface area contributed by atoms with Gasteiger partial charge in [-0.15, -0.1) is 0 Å². The molecule has 5 heteroatoms. The third-order valence-corrected chi connectivity index (χ3v) is 2.14. The first kappa shape index (κ1) is 23.7. The summed E-state index contributed by atoms with van der Waals surface area (Å²) in [6.45, 7) is 9.00. The molecule has 0 saturated heterocycles. The van der Waals surface area contributed by atoms with Crippen molar-refractivity contribution in [2.75, 3.05) is 19.0 Å². The van der Waals surface area contributed by atoms with Crippen LogP contribution in [0.2, 0.25) is 0 Å². The monoisotopic (exact) mass is 329 g/mol. The molecule has 0 aliphatic rings. The van der Waals surface area contributed by atoms with Crippen LogP contribution in [0.5, 0.6) is 0 Å². The number of rotatable bonds is 1. The van der Waals surface area contributed by atoms with Gasteiger partial charge in [0.1, 0.15) is 0 Å². The zero-order valence-electron chi connectivity index (χ0n) is 11.2. The van der Waals surface area contributed by atoms with E-state index in [1.807, 2.05) is 73.6 Å². The van der Waals surface area contributed by atoms with E-state index in [0.717, 1.165) is 10.6 Å². The van der Waals surface area contributed by atoms with Crippen molar-refractivity contribution >= 4 is 18.3 Å². The zero-order valence-corrected chi connectivity index (χ0v) is 13.1. The van der Waals surface area contributed by atoms with Crippen LogP contribution < -0.4 is 4.90 Å². The van der Waals surface area contributed by atoms with Gasteiger partial charge in [-0.1, -0.05) is 18.2 Å². The summed E-state index contributed by atoms with van der Waals surface area (Å²) >= 11 is 4.99. The maximum absolute atomic E-state index is 7.50. The van der Waals surface area contributed by atoms with Crippen LogP contribution in [-0.4, -0.2) is 14.1 Å². The minimum atomic E-state index is 0. The van der Waals surface area contributed by atoms with Crippen molar-refractivity contribution < 1.29 is 26.4 Å². The average molecular weight is 329 g/mol. The van der Waals surface area contributed by atoms with Crippen molar-refractivity contribution in [2.24, 2.45) is 0 Å². The molecule has 106 valence electrons. The van der Waals surface area contributed by atoms with Gasteiger partial charge in [-0.05, 0) is 6.07 Å². The minimum absolute atomic E-state index is 0. The summed E-state index contributed by atoms with van der Waals surface area (Å²) in [6, 6.07) is 17.9. The van der Waals surface area contributed by atoms with E-state index in [2.05, 4.69) is 13.3 Å². The van der Waals surface area contributed by atoms with Crippen molar-refractivity contribution in [3.8, 4) is 0 Å². The Morgan fingerprint density at radius 3 is 1.75 bits per heavy atom. The molecule has 2 aromatic rings. The Kier molecular flexibility index (Phi) is 20.8. The van der Waals surface area contributed by atoms with Crippen LogP contribution in [0, 0.1) is 13.3 Å². The van der Waals surface area contributed by atoms with Gasteiger partial charge in [0.25, 0.3) is 0 Å². The first-order valence-electron chi connectivity index (χ1n) is 5.22. The predicted octanol–water partition coefficient (Wildman–Crippen LogP) is 2.99. The molecular formula is C15H15FeNO2S. The number of anilines is 1. The summed E-state index contributed by atoms with van der Waals surface area (Å²) in [5, 5.41) is 0. The molecule has 0 unspecified atom stereocenters. The molecule has 0 atom stereocenters. The molecule has 0 fully saturated rings. The molecule has 0 spiro atoms. The second-order valence-corrected chi connectivity index (χ2v) is 3.83. The summed E-state index contributed by atoms with van der Waals surface area (Å²) in [6.07, 6.45) is 0. The molecule has 0 radical (unpaired) electrons. The van der Waals surface area contributed by atoms with Crippen molar-refractivity contribution in [1.82, 2.24) is 0 Å². The van der Waals surface area contributed by atoms with Crippen molar-refractivity contribution in [2.45, 2.75) is 4.90 Å². The number of nitrogens with zero attached hydrogens (tertiary/aromatic N) is 1. The Morgan fingerprint density at radius 2 is 1.50 bits per heavy atom. The molecule has 0 heterocycles. The topological polar surface area (TPSA) is 43.0 Å². The van der Waals surface area contributed by atoms with Crippen molar-refractivity contribution in [3.05, 3.63) is 67.9 Å². The first-order chi connectivity index (χ1) is 9.20. The van der Waals surface area contributed by atoms with E-state index >= 15 is 0 Å². The Balaban J connectivity index is -0.000000246. The van der Waals surface area contributed by atoms with Gasteiger partial charge >= 0.3 is 39.7 Å². The van der Waals surface area contributed by atoms with Crippen LogP contribution in [0.4, 0.5) is 5.69 Å². The second-order valence-electron chi connectivity index (χ2n) is 3.35. The van der Waals surface area contributed by atoms with E-state index in [-0.39, 0.29) is 17.1 Å².